The van der Waals surface area contributed by atoms with Crippen molar-refractivity contribution in [2.45, 2.75) is 31.9 Å². The van der Waals surface area contributed by atoms with Gasteiger partial charge in [0.15, 0.2) is 0 Å². The Labute approximate surface area is 205 Å². The summed E-state index contributed by atoms with van der Waals surface area (Å²) in [5.74, 6) is -1.99. The molecule has 3 rings (SSSR count). The van der Waals surface area contributed by atoms with Crippen molar-refractivity contribution < 1.29 is 44.7 Å². The molecule has 0 aliphatic rings. The van der Waals surface area contributed by atoms with Crippen LogP contribution in [0.15, 0.2) is 60.7 Å². The van der Waals surface area contributed by atoms with Gasteiger partial charge in [-0.05, 0) is 67.4 Å². The number of carbonyl (C=O) groups excluding carboxylic acids is 2. The van der Waals surface area contributed by atoms with E-state index in [2.05, 4.69) is 10.6 Å². The summed E-state index contributed by atoms with van der Waals surface area (Å²) in [4.78, 5) is 25.1. The summed E-state index contributed by atoms with van der Waals surface area (Å²) < 4.78 is 106. The van der Waals surface area contributed by atoms with Crippen molar-refractivity contribution >= 4 is 23.2 Å². The number of nitrogens with one attached hydrogen (secondary N) is 2. The highest BCUT2D eigenvalue weighted by atomic mass is 19.4. The average Bonchev–Trinajstić information content (AvgIpc) is 2.77. The fourth-order valence-corrected chi connectivity index (χ4v) is 3.68. The Morgan fingerprint density at radius 2 is 1.14 bits per heavy atom. The molecule has 37 heavy (non-hydrogen) atoms. The topological polar surface area (TPSA) is 58.2 Å². The third-order valence-electron chi connectivity index (χ3n) is 5.42. The zero-order chi connectivity index (χ0) is 27.8. The summed E-state index contributed by atoms with van der Waals surface area (Å²) in [6.45, 7) is 2.16. The van der Waals surface area contributed by atoms with Crippen molar-refractivity contribution in [2.24, 2.45) is 0 Å². The molecule has 3 aromatic carbocycles. The van der Waals surface area contributed by atoms with Crippen LogP contribution in [-0.2, 0) is 5.67 Å². The van der Waals surface area contributed by atoms with E-state index in [1.165, 1.54) is 36.4 Å². The molecule has 2 amide bonds. The number of hydrogen-bond donors (Lipinski definition) is 2. The Bertz CT molecular complexity index is 1290. The minimum Gasteiger partial charge on any atom is -0.322 e. The van der Waals surface area contributed by atoms with Crippen molar-refractivity contribution in [2.75, 3.05) is 10.6 Å². The first kappa shape index (κ1) is 27.6. The quantitative estimate of drug-likeness (QED) is 0.342. The molecule has 0 saturated carbocycles. The molecule has 0 aliphatic heterocycles. The van der Waals surface area contributed by atoms with Gasteiger partial charge in [0.2, 0.25) is 0 Å². The first-order valence-corrected chi connectivity index (χ1v) is 10.5. The first-order chi connectivity index (χ1) is 17.0. The maximum absolute atomic E-state index is 14.5. The Morgan fingerprint density at radius 3 is 1.59 bits per heavy atom. The maximum atomic E-state index is 14.5. The lowest BCUT2D eigenvalue weighted by Gasteiger charge is -2.31. The molecule has 0 radical (unpaired) electrons. The van der Waals surface area contributed by atoms with E-state index < -0.39 is 41.2 Å². The summed E-state index contributed by atoms with van der Waals surface area (Å²) in [6.07, 6.45) is -12.6. The molecule has 0 aliphatic carbocycles. The third-order valence-corrected chi connectivity index (χ3v) is 5.42. The van der Waals surface area contributed by atoms with Crippen molar-refractivity contribution in [1.82, 2.24) is 0 Å². The van der Waals surface area contributed by atoms with Crippen LogP contribution in [0.3, 0.4) is 0 Å². The molecule has 4 nitrogen and oxygen atoms in total. The van der Waals surface area contributed by atoms with Crippen LogP contribution in [0.4, 0.5) is 46.5 Å². The van der Waals surface area contributed by atoms with Crippen molar-refractivity contribution in [3.8, 4) is 0 Å². The summed E-state index contributed by atoms with van der Waals surface area (Å²) >= 11 is 0. The van der Waals surface area contributed by atoms with Gasteiger partial charge in [0.1, 0.15) is 5.82 Å². The lowest BCUT2D eigenvalue weighted by molar-refractivity contribution is -0.348. The molecule has 0 saturated heterocycles. The van der Waals surface area contributed by atoms with E-state index in [-0.39, 0.29) is 33.6 Å². The van der Waals surface area contributed by atoms with E-state index in [1.54, 1.807) is 0 Å². The monoisotopic (exact) mass is 530 g/mol. The highest BCUT2D eigenvalue weighted by molar-refractivity contribution is 6.07. The van der Waals surface area contributed by atoms with Gasteiger partial charge in [0.25, 0.3) is 11.8 Å². The predicted octanol–water partition coefficient (Wildman–Crippen LogP) is 7.24. The van der Waals surface area contributed by atoms with E-state index in [0.29, 0.717) is 12.1 Å². The number of anilines is 2. The molecule has 196 valence electrons. The van der Waals surface area contributed by atoms with Crippen LogP contribution < -0.4 is 10.6 Å². The van der Waals surface area contributed by atoms with Crippen LogP contribution >= 0.6 is 0 Å². The fraction of sp³-hybridized carbons (Fsp3) is 0.200. The second-order valence-electron chi connectivity index (χ2n) is 8.13. The van der Waals surface area contributed by atoms with Crippen molar-refractivity contribution in [3.05, 3.63) is 94.3 Å². The van der Waals surface area contributed by atoms with E-state index >= 15 is 0 Å². The minimum absolute atomic E-state index is 0.134. The van der Waals surface area contributed by atoms with E-state index in [0.717, 1.165) is 26.0 Å². The van der Waals surface area contributed by atoms with Gasteiger partial charge < -0.3 is 10.6 Å². The van der Waals surface area contributed by atoms with Gasteiger partial charge in [-0.25, -0.2) is 8.78 Å². The summed E-state index contributed by atoms with van der Waals surface area (Å²) in [7, 11) is 0. The number of benzene rings is 3. The number of carbonyl (C=O) groups is 2. The second-order valence-corrected chi connectivity index (χ2v) is 8.13. The van der Waals surface area contributed by atoms with Gasteiger partial charge in [-0.15, -0.1) is 0 Å². The van der Waals surface area contributed by atoms with E-state index in [1.807, 2.05) is 0 Å². The summed E-state index contributed by atoms with van der Waals surface area (Å²) in [5, 5.41) is 4.98. The standard InChI is InChI=1S/C25H18F8N2O2/c1-13-10-16(23(27,24(28,29)30)25(31,32)33)11-14(2)20(13)22(37)35-19-5-3-4-18(12-19)34-21(36)15-6-8-17(26)9-7-15/h3-12H,1-2H3,(H,34,36)(H,35,37). The Hall–Kier alpha value is -3.96. The molecule has 0 unspecified atom stereocenters. The average molecular weight is 530 g/mol. The Balaban J connectivity index is 1.86. The zero-order valence-electron chi connectivity index (χ0n) is 19.1. The van der Waals surface area contributed by atoms with Gasteiger partial charge in [-0.2, -0.15) is 26.3 Å². The minimum atomic E-state index is -6.29. The van der Waals surface area contributed by atoms with Crippen LogP contribution in [0.5, 0.6) is 0 Å². The molecule has 0 atom stereocenters. The van der Waals surface area contributed by atoms with E-state index in [4.69, 9.17) is 0 Å². The fourth-order valence-electron chi connectivity index (χ4n) is 3.68. The summed E-state index contributed by atoms with van der Waals surface area (Å²) in [5.41, 5.74) is -7.68. The number of halogens is 8. The second kappa shape index (κ2) is 9.83. The van der Waals surface area contributed by atoms with Crippen molar-refractivity contribution in [1.29, 1.82) is 0 Å². The first-order valence-electron chi connectivity index (χ1n) is 10.5. The SMILES string of the molecule is Cc1cc(C(F)(C(F)(F)F)C(F)(F)F)cc(C)c1C(=O)Nc1cccc(NC(=O)c2ccc(F)cc2)c1. The van der Waals surface area contributed by atoms with Crippen LogP contribution in [0.1, 0.15) is 37.4 Å². The highest BCUT2D eigenvalue weighted by Crippen LogP contribution is 2.53. The molecule has 0 heterocycles. The number of aryl methyl sites for hydroxylation is 2. The molecule has 0 bridgehead atoms. The molecule has 0 aromatic heterocycles. The molecule has 2 N–H and O–H groups in total. The molecular weight excluding hydrogens is 512 g/mol. The zero-order valence-corrected chi connectivity index (χ0v) is 19.1. The van der Waals surface area contributed by atoms with Crippen LogP contribution in [-0.4, -0.2) is 24.2 Å². The van der Waals surface area contributed by atoms with Crippen molar-refractivity contribution in [3.63, 3.8) is 0 Å². The highest BCUT2D eigenvalue weighted by Gasteiger charge is 2.73. The predicted molar refractivity (Wildman–Crippen MR) is 120 cm³/mol. The lowest BCUT2D eigenvalue weighted by atomic mass is 9.88. The number of alkyl halides is 7. The molecule has 0 fully saturated rings. The molecule has 12 heteroatoms. The Kier molecular flexibility index (Phi) is 7.34. The van der Waals surface area contributed by atoms with Crippen LogP contribution in [0.25, 0.3) is 0 Å². The van der Waals surface area contributed by atoms with Gasteiger partial charge in [0, 0.05) is 28.1 Å². The van der Waals surface area contributed by atoms with E-state index in [9.17, 15) is 44.7 Å². The van der Waals surface area contributed by atoms with Gasteiger partial charge in [-0.3, -0.25) is 9.59 Å². The molecular formula is C25H18F8N2O2. The molecule has 0 spiro atoms. The Morgan fingerprint density at radius 1 is 0.676 bits per heavy atom. The normalized spacial score (nSPS) is 12.3. The smallest absolute Gasteiger partial charge is 0.322 e. The van der Waals surface area contributed by atoms with Gasteiger partial charge in [-0.1, -0.05) is 18.2 Å². The number of rotatable bonds is 5. The maximum Gasteiger partial charge on any atom is 0.435 e. The number of amides is 2. The number of hydrogen-bond acceptors (Lipinski definition) is 2. The van der Waals surface area contributed by atoms with Crippen LogP contribution in [0, 0.1) is 19.7 Å². The molecule has 3 aromatic rings. The van der Waals surface area contributed by atoms with Gasteiger partial charge >= 0.3 is 18.0 Å². The van der Waals surface area contributed by atoms with Crippen LogP contribution in [0.2, 0.25) is 0 Å². The van der Waals surface area contributed by atoms with Gasteiger partial charge in [0.05, 0.1) is 0 Å². The lowest BCUT2D eigenvalue weighted by Crippen LogP contribution is -2.50. The largest absolute Gasteiger partial charge is 0.435 e. The third kappa shape index (κ3) is 5.57. The summed E-state index contributed by atoms with van der Waals surface area (Å²) in [6, 6.07) is 11.1.